The Labute approximate surface area is 215 Å². The van der Waals surface area contributed by atoms with Crippen LogP contribution >= 0.6 is 11.8 Å². The number of imide groups is 1. The molecule has 5 rings (SSSR count). The van der Waals surface area contributed by atoms with Crippen molar-refractivity contribution in [2.75, 3.05) is 4.90 Å². The molecule has 0 bridgehead atoms. The number of nitrogens with two attached hydrogens (primary N) is 1. The van der Waals surface area contributed by atoms with E-state index in [2.05, 4.69) is 0 Å². The van der Waals surface area contributed by atoms with E-state index in [0.717, 1.165) is 4.90 Å². The largest absolute Gasteiger partial charge is 0.457 e. The molecule has 0 spiro atoms. The van der Waals surface area contributed by atoms with E-state index in [4.69, 9.17) is 9.56 Å². The lowest BCUT2D eigenvalue weighted by molar-refractivity contribution is -0.113. The molecular weight excluding hydrogens is 516 g/mol. The zero-order valence-electron chi connectivity index (χ0n) is 19.6. The molecule has 2 N–H and O–H groups in total. The van der Waals surface area contributed by atoms with Crippen molar-refractivity contribution in [3.05, 3.63) is 93.4 Å². The van der Waals surface area contributed by atoms with Crippen molar-refractivity contribution < 1.29 is 22.4 Å². The fraction of sp³-hybridized carbons (Fsp3) is 0.0800. The van der Waals surface area contributed by atoms with E-state index in [1.54, 1.807) is 67.2 Å². The smallest absolute Gasteiger partial charge is 0.298 e. The van der Waals surface area contributed by atoms with Crippen LogP contribution in [0.1, 0.15) is 11.5 Å². The molecule has 0 radical (unpaired) electrons. The first kappa shape index (κ1) is 24.6. The summed E-state index contributed by atoms with van der Waals surface area (Å²) in [6.07, 6.45) is 1.43. The Morgan fingerprint density at radius 1 is 0.946 bits per heavy atom. The van der Waals surface area contributed by atoms with Crippen molar-refractivity contribution in [1.29, 1.82) is 0 Å². The maximum atomic E-state index is 13.3. The van der Waals surface area contributed by atoms with E-state index < -0.39 is 26.7 Å². The number of primary sulfonamides is 1. The normalized spacial score (nSPS) is 15.2. The third kappa shape index (κ3) is 4.35. The van der Waals surface area contributed by atoms with Gasteiger partial charge in [0.2, 0.25) is 10.0 Å². The van der Waals surface area contributed by atoms with Crippen molar-refractivity contribution in [2.24, 2.45) is 12.2 Å². The molecule has 2 aromatic heterocycles. The van der Waals surface area contributed by atoms with Gasteiger partial charge in [0.1, 0.15) is 17.2 Å². The number of carbonyl (C=O) groups excluding carboxylic acids is 2. The minimum atomic E-state index is -3.82. The summed E-state index contributed by atoms with van der Waals surface area (Å²) < 4.78 is 31.7. The summed E-state index contributed by atoms with van der Waals surface area (Å²) in [5.74, 6) is 0.107. The Kier molecular flexibility index (Phi) is 6.02. The van der Waals surface area contributed by atoms with E-state index >= 15 is 0 Å². The van der Waals surface area contributed by atoms with E-state index in [1.807, 2.05) is 6.07 Å². The molecule has 188 valence electrons. The summed E-state index contributed by atoms with van der Waals surface area (Å²) in [6.45, 7) is 1.67. The Hall–Kier alpha value is -4.13. The van der Waals surface area contributed by atoms with Gasteiger partial charge in [0, 0.05) is 18.7 Å². The minimum absolute atomic E-state index is 0.00710. The molecule has 2 amide bonds. The third-order valence-electron chi connectivity index (χ3n) is 5.91. The number of hydrogen-bond acceptors (Lipinski definition) is 7. The molecular formula is C25H20N4O6S2. The van der Waals surface area contributed by atoms with Crippen LogP contribution in [0.2, 0.25) is 0 Å². The number of anilines is 1. The fourth-order valence-electron chi connectivity index (χ4n) is 4.00. The highest BCUT2D eigenvalue weighted by Crippen LogP contribution is 2.36. The highest BCUT2D eigenvalue weighted by molar-refractivity contribution is 8.19. The number of sulfonamides is 1. The van der Waals surface area contributed by atoms with Crippen molar-refractivity contribution in [3.63, 3.8) is 0 Å². The molecule has 1 saturated heterocycles. The first-order valence-corrected chi connectivity index (χ1v) is 13.3. The fourth-order valence-corrected chi connectivity index (χ4v) is 5.32. The van der Waals surface area contributed by atoms with E-state index in [1.165, 1.54) is 22.9 Å². The molecule has 3 heterocycles. The molecule has 10 nitrogen and oxygen atoms in total. The van der Waals surface area contributed by atoms with Crippen LogP contribution in [0.25, 0.3) is 23.1 Å². The monoisotopic (exact) mass is 536 g/mol. The summed E-state index contributed by atoms with van der Waals surface area (Å²) >= 11 is 0.710. The van der Waals surface area contributed by atoms with Gasteiger partial charge >= 0.3 is 0 Å². The number of hydrogen-bond donors (Lipinski definition) is 1. The van der Waals surface area contributed by atoms with Crippen LogP contribution in [0.15, 0.2) is 85.7 Å². The molecule has 37 heavy (non-hydrogen) atoms. The highest BCUT2D eigenvalue weighted by Gasteiger charge is 2.40. The molecule has 1 fully saturated rings. The molecule has 4 aromatic rings. The van der Waals surface area contributed by atoms with Gasteiger partial charge in [-0.15, -0.1) is 0 Å². The molecule has 0 unspecified atom stereocenters. The van der Waals surface area contributed by atoms with Gasteiger partial charge in [-0.25, -0.2) is 23.1 Å². The van der Waals surface area contributed by atoms with Gasteiger partial charge in [-0.3, -0.25) is 19.1 Å². The lowest BCUT2D eigenvalue weighted by atomic mass is 10.2. The van der Waals surface area contributed by atoms with Gasteiger partial charge < -0.3 is 4.42 Å². The maximum absolute atomic E-state index is 13.3. The van der Waals surface area contributed by atoms with Crippen LogP contribution in [-0.4, -0.2) is 28.9 Å². The third-order valence-corrected chi connectivity index (χ3v) is 7.71. The maximum Gasteiger partial charge on any atom is 0.298 e. The first-order chi connectivity index (χ1) is 17.6. The number of thioether (sulfide) groups is 1. The summed E-state index contributed by atoms with van der Waals surface area (Å²) in [5.41, 5.74) is 1.17. The minimum Gasteiger partial charge on any atom is -0.457 e. The highest BCUT2D eigenvalue weighted by atomic mass is 32.2. The predicted octanol–water partition coefficient (Wildman–Crippen LogP) is 3.63. The van der Waals surface area contributed by atoms with Crippen molar-refractivity contribution >= 4 is 44.7 Å². The van der Waals surface area contributed by atoms with E-state index in [9.17, 15) is 22.8 Å². The van der Waals surface area contributed by atoms with Crippen LogP contribution in [0.4, 0.5) is 10.5 Å². The van der Waals surface area contributed by atoms with E-state index in [-0.39, 0.29) is 15.5 Å². The first-order valence-electron chi connectivity index (χ1n) is 10.9. The molecule has 1 aliphatic heterocycles. The Balaban J connectivity index is 1.45. The molecule has 0 saturated carbocycles. The number of rotatable bonds is 5. The number of aromatic nitrogens is 2. The van der Waals surface area contributed by atoms with Gasteiger partial charge in [0.05, 0.1) is 21.2 Å². The van der Waals surface area contributed by atoms with E-state index in [0.29, 0.717) is 40.2 Å². The number of amides is 2. The van der Waals surface area contributed by atoms with Crippen LogP contribution in [0.5, 0.6) is 0 Å². The topological polar surface area (TPSA) is 138 Å². The molecule has 0 aliphatic carbocycles. The van der Waals surface area contributed by atoms with Crippen molar-refractivity contribution in [3.8, 4) is 17.0 Å². The lowest BCUT2D eigenvalue weighted by Gasteiger charge is -2.10. The van der Waals surface area contributed by atoms with Crippen molar-refractivity contribution in [2.45, 2.75) is 11.8 Å². The zero-order chi connectivity index (χ0) is 26.5. The van der Waals surface area contributed by atoms with Crippen LogP contribution < -0.4 is 15.6 Å². The second kappa shape index (κ2) is 9.07. The molecule has 2 aromatic carbocycles. The lowest BCUT2D eigenvalue weighted by Crippen LogP contribution is -2.33. The van der Waals surface area contributed by atoms with Gasteiger partial charge in [-0.05, 0) is 67.2 Å². The second-order valence-corrected chi connectivity index (χ2v) is 10.8. The Morgan fingerprint density at radius 3 is 2.27 bits per heavy atom. The number of furan rings is 1. The molecule has 1 aliphatic rings. The summed E-state index contributed by atoms with van der Waals surface area (Å²) in [4.78, 5) is 40.4. The average Bonchev–Trinajstić information content (AvgIpc) is 3.50. The second-order valence-electron chi connectivity index (χ2n) is 8.20. The summed E-state index contributed by atoms with van der Waals surface area (Å²) in [6, 6.07) is 18.0. The van der Waals surface area contributed by atoms with Crippen LogP contribution in [0, 0.1) is 6.92 Å². The van der Waals surface area contributed by atoms with Crippen LogP contribution in [-0.2, 0) is 21.9 Å². The van der Waals surface area contributed by atoms with Crippen LogP contribution in [0.3, 0.4) is 0 Å². The Bertz CT molecular complexity index is 1750. The van der Waals surface area contributed by atoms with Gasteiger partial charge in [-0.1, -0.05) is 18.2 Å². The van der Waals surface area contributed by atoms with Crippen molar-refractivity contribution in [1.82, 2.24) is 9.36 Å². The van der Waals surface area contributed by atoms with Gasteiger partial charge in [0.25, 0.3) is 16.7 Å². The molecule has 0 atom stereocenters. The standard InChI is InChI=1S/C25H20N4O6S2/c1-15-22(24(31)29(27(15)2)17-6-4-3-5-7-17)28-23(30)21(36-25(28)32)14-18-10-13-20(35-18)16-8-11-19(12-9-16)37(26,33)34/h3-14H,1-2H3,(H2,26,33,34). The summed E-state index contributed by atoms with van der Waals surface area (Å²) in [7, 11) is -2.13. The zero-order valence-corrected chi connectivity index (χ0v) is 21.2. The van der Waals surface area contributed by atoms with Gasteiger partial charge in [-0.2, -0.15) is 0 Å². The SMILES string of the molecule is Cc1c(N2C(=O)SC(=Cc3ccc(-c4ccc(S(N)(=O)=O)cc4)o3)C2=O)c(=O)n(-c2ccccc2)n1C. The number of para-hydroxylation sites is 1. The predicted molar refractivity (Wildman–Crippen MR) is 140 cm³/mol. The van der Waals surface area contributed by atoms with Gasteiger partial charge in [0.15, 0.2) is 0 Å². The summed E-state index contributed by atoms with van der Waals surface area (Å²) in [5, 5.41) is 4.54. The number of carbonyl (C=O) groups is 2. The quantitative estimate of drug-likeness (QED) is 0.385. The number of nitrogens with zero attached hydrogens (tertiary/aromatic N) is 3. The Morgan fingerprint density at radius 2 is 1.62 bits per heavy atom. The number of benzene rings is 2. The average molecular weight is 537 g/mol. The molecule has 12 heteroatoms.